The molecule has 2 N–H and O–H groups in total. The lowest BCUT2D eigenvalue weighted by molar-refractivity contribution is 0.0916. The van der Waals surface area contributed by atoms with Crippen LogP contribution in [0.25, 0.3) is 0 Å². The van der Waals surface area contributed by atoms with Crippen LogP contribution in [-0.4, -0.2) is 45.9 Å². The first-order valence-corrected chi connectivity index (χ1v) is 8.89. The van der Waals surface area contributed by atoms with Gasteiger partial charge in [-0.05, 0) is 30.7 Å². The molecule has 2 aromatic rings. The molecule has 1 unspecified atom stereocenters. The molecule has 24 heavy (non-hydrogen) atoms. The Morgan fingerprint density at radius 1 is 1.33 bits per heavy atom. The van der Waals surface area contributed by atoms with Crippen LogP contribution in [0.5, 0.6) is 0 Å². The zero-order chi connectivity index (χ0) is 17.5. The number of halogens is 1. The Morgan fingerprint density at radius 2 is 2.08 bits per heavy atom. The Labute approximate surface area is 139 Å². The van der Waals surface area contributed by atoms with E-state index in [-0.39, 0.29) is 18.0 Å². The summed E-state index contributed by atoms with van der Waals surface area (Å²) in [6.07, 6.45) is -1.10. The molecule has 0 radical (unpaired) electrons. The van der Waals surface area contributed by atoms with Crippen LogP contribution in [-0.2, 0) is 23.1 Å². The van der Waals surface area contributed by atoms with Gasteiger partial charge in [0.1, 0.15) is 11.9 Å². The van der Waals surface area contributed by atoms with Gasteiger partial charge in [0.25, 0.3) is 0 Å². The van der Waals surface area contributed by atoms with E-state index in [2.05, 4.69) is 5.10 Å². The first kappa shape index (κ1) is 17.0. The number of benzene rings is 1. The van der Waals surface area contributed by atoms with Crippen molar-refractivity contribution in [3.63, 3.8) is 0 Å². The molecule has 1 aliphatic rings. The summed E-state index contributed by atoms with van der Waals surface area (Å²) in [4.78, 5) is -0.0499. The Hall–Kier alpha value is -1.81. The third-order valence-corrected chi connectivity index (χ3v) is 6.05. The van der Waals surface area contributed by atoms with E-state index in [1.165, 1.54) is 16.4 Å². The fraction of sp³-hybridized carbons (Fsp3) is 0.400. The molecule has 0 spiro atoms. The number of sulfonamides is 1. The van der Waals surface area contributed by atoms with Gasteiger partial charge in [0.15, 0.2) is 0 Å². The van der Waals surface area contributed by atoms with Gasteiger partial charge in [-0.25, -0.2) is 12.8 Å². The standard InChI is InChI=1S/C15H18FN3O4S/c1-10-2-3-11(16)6-15(10)24(22,23)18-4-5-19-12(8-18)7-13(17-19)14(21)9-20/h2-3,6-7,14,20-21H,4-5,8-9H2,1H3. The van der Waals surface area contributed by atoms with Crippen molar-refractivity contribution < 1.29 is 23.0 Å². The zero-order valence-electron chi connectivity index (χ0n) is 13.1. The Morgan fingerprint density at radius 3 is 2.79 bits per heavy atom. The van der Waals surface area contributed by atoms with Gasteiger partial charge in [-0.2, -0.15) is 9.40 Å². The second kappa shape index (κ2) is 6.25. The highest BCUT2D eigenvalue weighted by Crippen LogP contribution is 2.26. The zero-order valence-corrected chi connectivity index (χ0v) is 13.9. The summed E-state index contributed by atoms with van der Waals surface area (Å²) in [5.74, 6) is -0.602. The number of aryl methyl sites for hydroxylation is 1. The monoisotopic (exact) mass is 355 g/mol. The van der Waals surface area contributed by atoms with Crippen LogP contribution in [0.3, 0.4) is 0 Å². The van der Waals surface area contributed by atoms with Gasteiger partial charge in [0.05, 0.1) is 36.0 Å². The largest absolute Gasteiger partial charge is 0.393 e. The molecule has 0 fully saturated rings. The predicted octanol–water partition coefficient (Wildman–Crippen LogP) is 0.561. The van der Waals surface area contributed by atoms with Crippen LogP contribution in [0, 0.1) is 12.7 Å². The molecule has 3 rings (SSSR count). The van der Waals surface area contributed by atoms with Gasteiger partial charge >= 0.3 is 0 Å². The van der Waals surface area contributed by atoms with Crippen molar-refractivity contribution in [1.29, 1.82) is 0 Å². The highest BCUT2D eigenvalue weighted by atomic mass is 32.2. The molecule has 0 aliphatic carbocycles. The maximum absolute atomic E-state index is 13.5. The Kier molecular flexibility index (Phi) is 4.43. The average molecular weight is 355 g/mol. The van der Waals surface area contributed by atoms with Crippen LogP contribution < -0.4 is 0 Å². The van der Waals surface area contributed by atoms with Gasteiger partial charge in [-0.3, -0.25) is 4.68 Å². The minimum atomic E-state index is -3.83. The molecule has 0 saturated carbocycles. The lowest BCUT2D eigenvalue weighted by Crippen LogP contribution is -2.38. The van der Waals surface area contributed by atoms with E-state index in [1.54, 1.807) is 17.7 Å². The fourth-order valence-corrected chi connectivity index (χ4v) is 4.36. The molecular formula is C15H18FN3O4S. The molecule has 1 aliphatic heterocycles. The second-order valence-corrected chi connectivity index (χ2v) is 7.64. The second-order valence-electron chi connectivity index (χ2n) is 5.73. The van der Waals surface area contributed by atoms with E-state index in [9.17, 15) is 17.9 Å². The lowest BCUT2D eigenvalue weighted by Gasteiger charge is -2.27. The van der Waals surface area contributed by atoms with E-state index in [0.29, 0.717) is 23.5 Å². The summed E-state index contributed by atoms with van der Waals surface area (Å²) in [6, 6.07) is 5.26. The maximum Gasteiger partial charge on any atom is 0.243 e. The minimum Gasteiger partial charge on any atom is -0.393 e. The summed E-state index contributed by atoms with van der Waals surface area (Å²) < 4.78 is 42.0. The van der Waals surface area contributed by atoms with Crippen LogP contribution in [0.2, 0.25) is 0 Å². The Balaban J connectivity index is 1.92. The summed E-state index contributed by atoms with van der Waals surface area (Å²) in [5.41, 5.74) is 1.39. The number of aliphatic hydroxyl groups excluding tert-OH is 2. The third-order valence-electron chi connectivity index (χ3n) is 4.06. The fourth-order valence-electron chi connectivity index (χ4n) is 2.72. The summed E-state index contributed by atoms with van der Waals surface area (Å²) >= 11 is 0. The summed E-state index contributed by atoms with van der Waals surface area (Å²) in [7, 11) is -3.83. The van der Waals surface area contributed by atoms with Gasteiger partial charge in [-0.1, -0.05) is 6.07 Å². The molecule has 1 aromatic carbocycles. The average Bonchev–Trinajstić information content (AvgIpc) is 2.99. The molecule has 0 bridgehead atoms. The van der Waals surface area contributed by atoms with Crippen molar-refractivity contribution in [2.45, 2.75) is 31.0 Å². The van der Waals surface area contributed by atoms with Crippen molar-refractivity contribution in [3.05, 3.63) is 47.0 Å². The summed E-state index contributed by atoms with van der Waals surface area (Å²) in [5, 5.41) is 22.8. The van der Waals surface area contributed by atoms with E-state index in [0.717, 1.165) is 6.07 Å². The van der Waals surface area contributed by atoms with Crippen molar-refractivity contribution in [2.75, 3.05) is 13.2 Å². The van der Waals surface area contributed by atoms with Crippen LogP contribution in [0.15, 0.2) is 29.2 Å². The van der Waals surface area contributed by atoms with Crippen LogP contribution >= 0.6 is 0 Å². The van der Waals surface area contributed by atoms with E-state index >= 15 is 0 Å². The maximum atomic E-state index is 13.5. The predicted molar refractivity (Wildman–Crippen MR) is 83.0 cm³/mol. The molecule has 7 nitrogen and oxygen atoms in total. The molecular weight excluding hydrogens is 337 g/mol. The van der Waals surface area contributed by atoms with E-state index in [1.807, 2.05) is 0 Å². The highest BCUT2D eigenvalue weighted by molar-refractivity contribution is 7.89. The molecule has 2 heterocycles. The lowest BCUT2D eigenvalue weighted by atomic mass is 10.2. The number of aromatic nitrogens is 2. The molecule has 9 heteroatoms. The third kappa shape index (κ3) is 2.95. The van der Waals surface area contributed by atoms with E-state index in [4.69, 9.17) is 5.11 Å². The number of aliphatic hydroxyl groups is 2. The quantitative estimate of drug-likeness (QED) is 0.836. The molecule has 1 atom stereocenters. The van der Waals surface area contributed by atoms with Gasteiger partial charge in [0.2, 0.25) is 10.0 Å². The molecule has 1 aromatic heterocycles. The number of rotatable bonds is 4. The summed E-state index contributed by atoms with van der Waals surface area (Å²) in [6.45, 7) is 1.75. The van der Waals surface area contributed by atoms with Crippen molar-refractivity contribution in [2.24, 2.45) is 0 Å². The van der Waals surface area contributed by atoms with Crippen molar-refractivity contribution in [3.8, 4) is 0 Å². The Bertz CT molecular complexity index is 866. The normalized spacial score (nSPS) is 16.8. The van der Waals surface area contributed by atoms with Gasteiger partial charge in [-0.15, -0.1) is 0 Å². The number of fused-ring (bicyclic) bond motifs is 1. The smallest absolute Gasteiger partial charge is 0.243 e. The van der Waals surface area contributed by atoms with Crippen LogP contribution in [0.4, 0.5) is 4.39 Å². The van der Waals surface area contributed by atoms with Gasteiger partial charge < -0.3 is 10.2 Å². The van der Waals surface area contributed by atoms with Crippen LogP contribution in [0.1, 0.15) is 23.1 Å². The van der Waals surface area contributed by atoms with Crippen molar-refractivity contribution in [1.82, 2.24) is 14.1 Å². The minimum absolute atomic E-state index is 0.0499. The number of nitrogens with zero attached hydrogens (tertiary/aromatic N) is 3. The highest BCUT2D eigenvalue weighted by Gasteiger charge is 2.31. The number of hydrogen-bond donors (Lipinski definition) is 2. The topological polar surface area (TPSA) is 95.7 Å². The van der Waals surface area contributed by atoms with Gasteiger partial charge in [0, 0.05) is 6.54 Å². The SMILES string of the molecule is Cc1ccc(F)cc1S(=O)(=O)N1CCn2nc(C(O)CO)cc2C1. The molecule has 0 amide bonds. The molecule has 0 saturated heterocycles. The number of hydrogen-bond acceptors (Lipinski definition) is 5. The van der Waals surface area contributed by atoms with Crippen molar-refractivity contribution >= 4 is 10.0 Å². The van der Waals surface area contributed by atoms with E-state index < -0.39 is 28.6 Å². The first-order valence-electron chi connectivity index (χ1n) is 7.45. The molecule has 130 valence electrons. The first-order chi connectivity index (χ1) is 11.3.